The Morgan fingerprint density at radius 1 is 1.75 bits per heavy atom. The van der Waals surface area contributed by atoms with E-state index in [2.05, 4.69) is 12.2 Å². The van der Waals surface area contributed by atoms with Crippen molar-refractivity contribution in [1.82, 2.24) is 10.2 Å². The number of hydrogen-bond acceptors (Lipinski definition) is 3. The zero-order valence-corrected chi connectivity index (χ0v) is 8.02. The van der Waals surface area contributed by atoms with Gasteiger partial charge in [-0.15, -0.1) is 11.8 Å². The van der Waals surface area contributed by atoms with E-state index in [9.17, 15) is 4.79 Å². The summed E-state index contributed by atoms with van der Waals surface area (Å²) in [5, 5.41) is 3.36. The van der Waals surface area contributed by atoms with Crippen molar-refractivity contribution in [2.75, 3.05) is 12.8 Å². The molecule has 4 heteroatoms. The molecule has 2 heterocycles. The van der Waals surface area contributed by atoms with Gasteiger partial charge in [0.15, 0.2) is 0 Å². The molecule has 3 nitrogen and oxygen atoms in total. The van der Waals surface area contributed by atoms with E-state index < -0.39 is 0 Å². The van der Waals surface area contributed by atoms with Crippen LogP contribution in [0.4, 0.5) is 0 Å². The van der Waals surface area contributed by atoms with Crippen LogP contribution in [0.15, 0.2) is 11.8 Å². The smallest absolute Gasteiger partial charge is 0.247 e. The summed E-state index contributed by atoms with van der Waals surface area (Å²) in [5.74, 6) is 1.25. The molecule has 1 saturated heterocycles. The fourth-order valence-electron chi connectivity index (χ4n) is 1.56. The van der Waals surface area contributed by atoms with Crippen LogP contribution >= 0.6 is 11.8 Å². The number of rotatable bonds is 1. The Labute approximate surface area is 76.2 Å². The Hall–Kier alpha value is -0.480. The highest BCUT2D eigenvalue weighted by Crippen LogP contribution is 2.35. The van der Waals surface area contributed by atoms with Gasteiger partial charge in [0, 0.05) is 12.0 Å². The average molecular weight is 184 g/mol. The summed E-state index contributed by atoms with van der Waals surface area (Å²) in [6.07, 6.45) is 1.97. The number of β-lactam (4-membered cyclic amide) rings is 1. The lowest BCUT2D eigenvalue weighted by atomic mass is 10.1. The van der Waals surface area contributed by atoms with Crippen LogP contribution in [-0.4, -0.2) is 35.0 Å². The van der Waals surface area contributed by atoms with E-state index in [0.29, 0.717) is 5.37 Å². The molecular formula is C8H12N2OS. The third-order valence-electron chi connectivity index (χ3n) is 2.23. The van der Waals surface area contributed by atoms with Crippen molar-refractivity contribution < 1.29 is 4.79 Å². The van der Waals surface area contributed by atoms with Crippen LogP contribution in [0.25, 0.3) is 0 Å². The first kappa shape index (κ1) is 8.13. The number of hydrogen-bond donors (Lipinski definition) is 1. The number of nitrogens with one attached hydrogen (secondary N) is 1. The Kier molecular flexibility index (Phi) is 1.88. The standard InChI is InChI=1S/C8H12N2OS/c1-5-3-10-7(11)6(9-2)8(10)12-4-5/h3,6,8-9H,4H2,1-2H3/t6-,8?/m1/s1. The Morgan fingerprint density at radius 2 is 2.50 bits per heavy atom. The summed E-state index contributed by atoms with van der Waals surface area (Å²) >= 11 is 1.83. The molecule has 0 radical (unpaired) electrons. The van der Waals surface area contributed by atoms with Crippen molar-refractivity contribution in [1.29, 1.82) is 0 Å². The fraction of sp³-hybridized carbons (Fsp3) is 0.625. The molecule has 1 fully saturated rings. The number of nitrogens with zero attached hydrogens (tertiary/aromatic N) is 1. The number of thioether (sulfide) groups is 1. The van der Waals surface area contributed by atoms with Gasteiger partial charge in [0.2, 0.25) is 5.91 Å². The first-order valence-electron chi connectivity index (χ1n) is 4.02. The third kappa shape index (κ3) is 0.983. The number of carbonyl (C=O) groups is 1. The Bertz CT molecular complexity index is 251. The van der Waals surface area contributed by atoms with Gasteiger partial charge in [-0.2, -0.15) is 0 Å². The zero-order chi connectivity index (χ0) is 8.72. The second-order valence-electron chi connectivity index (χ2n) is 3.19. The molecule has 12 heavy (non-hydrogen) atoms. The van der Waals surface area contributed by atoms with Crippen LogP contribution in [0.5, 0.6) is 0 Å². The second-order valence-corrected chi connectivity index (χ2v) is 4.29. The minimum Gasteiger partial charge on any atom is -0.306 e. The van der Waals surface area contributed by atoms with Crippen LogP contribution in [0.3, 0.4) is 0 Å². The van der Waals surface area contributed by atoms with Crippen molar-refractivity contribution >= 4 is 17.7 Å². The number of fused-ring (bicyclic) bond motifs is 1. The summed E-state index contributed by atoms with van der Waals surface area (Å²) < 4.78 is 0. The SMILES string of the molecule is CN[C@@H]1C(=O)N2C=C(C)CSC12. The highest BCUT2D eigenvalue weighted by molar-refractivity contribution is 8.00. The van der Waals surface area contributed by atoms with Crippen molar-refractivity contribution in [2.45, 2.75) is 18.3 Å². The van der Waals surface area contributed by atoms with E-state index in [1.54, 1.807) is 0 Å². The van der Waals surface area contributed by atoms with Gasteiger partial charge in [-0.1, -0.05) is 0 Å². The normalized spacial score (nSPS) is 34.0. The third-order valence-corrected chi connectivity index (χ3v) is 3.69. The van der Waals surface area contributed by atoms with Crippen LogP contribution in [0.2, 0.25) is 0 Å². The topological polar surface area (TPSA) is 32.3 Å². The van der Waals surface area contributed by atoms with E-state index in [4.69, 9.17) is 0 Å². The molecule has 0 aliphatic carbocycles. The minimum absolute atomic E-state index is 0.0411. The van der Waals surface area contributed by atoms with E-state index in [1.807, 2.05) is 29.9 Å². The lowest BCUT2D eigenvalue weighted by Crippen LogP contribution is -2.66. The Balaban J connectivity index is 2.14. The first-order valence-corrected chi connectivity index (χ1v) is 5.07. The summed E-state index contributed by atoms with van der Waals surface area (Å²) in [4.78, 5) is 13.2. The quantitative estimate of drug-likeness (QED) is 0.598. The van der Waals surface area contributed by atoms with Crippen LogP contribution < -0.4 is 5.32 Å². The Morgan fingerprint density at radius 3 is 3.17 bits per heavy atom. The molecule has 1 unspecified atom stereocenters. The van der Waals surface area contributed by atoms with Crippen molar-refractivity contribution in [2.24, 2.45) is 0 Å². The molecule has 2 rings (SSSR count). The molecule has 0 bridgehead atoms. The van der Waals surface area contributed by atoms with Crippen LogP contribution in [-0.2, 0) is 4.79 Å². The van der Waals surface area contributed by atoms with Crippen molar-refractivity contribution in [3.05, 3.63) is 11.8 Å². The van der Waals surface area contributed by atoms with Crippen molar-refractivity contribution in [3.8, 4) is 0 Å². The van der Waals surface area contributed by atoms with Crippen LogP contribution in [0, 0.1) is 0 Å². The maximum Gasteiger partial charge on any atom is 0.247 e. The largest absolute Gasteiger partial charge is 0.306 e. The molecule has 0 spiro atoms. The highest BCUT2D eigenvalue weighted by Gasteiger charge is 2.47. The summed E-state index contributed by atoms with van der Waals surface area (Å²) in [6, 6.07) is 0.0411. The predicted octanol–water partition coefficient (Wildman–Crippen LogP) is 0.393. The molecular weight excluding hydrogens is 172 g/mol. The maximum absolute atomic E-state index is 11.4. The first-order chi connectivity index (χ1) is 5.74. The fourth-order valence-corrected chi connectivity index (χ4v) is 2.84. The summed E-state index contributed by atoms with van der Waals surface area (Å²) in [6.45, 7) is 2.06. The predicted molar refractivity (Wildman–Crippen MR) is 49.7 cm³/mol. The highest BCUT2D eigenvalue weighted by atomic mass is 32.2. The van der Waals surface area contributed by atoms with E-state index in [-0.39, 0.29) is 11.9 Å². The van der Waals surface area contributed by atoms with Gasteiger partial charge in [0.05, 0.1) is 0 Å². The zero-order valence-electron chi connectivity index (χ0n) is 7.20. The minimum atomic E-state index is 0.0411. The molecule has 0 aromatic heterocycles. The molecule has 1 amide bonds. The molecule has 66 valence electrons. The van der Waals surface area contributed by atoms with Gasteiger partial charge in [-0.3, -0.25) is 4.79 Å². The number of carbonyl (C=O) groups excluding carboxylic acids is 1. The van der Waals surface area contributed by atoms with Gasteiger partial charge >= 0.3 is 0 Å². The molecule has 0 aromatic rings. The van der Waals surface area contributed by atoms with Gasteiger partial charge in [0.25, 0.3) is 0 Å². The average Bonchev–Trinajstić information content (AvgIpc) is 2.07. The van der Waals surface area contributed by atoms with E-state index in [0.717, 1.165) is 5.75 Å². The lowest BCUT2D eigenvalue weighted by Gasteiger charge is -2.47. The van der Waals surface area contributed by atoms with E-state index in [1.165, 1.54) is 5.57 Å². The number of likely N-dealkylation sites (N-methyl/N-ethyl adjacent to an activating group) is 1. The monoisotopic (exact) mass is 184 g/mol. The maximum atomic E-state index is 11.4. The molecule has 2 aliphatic heterocycles. The molecule has 0 saturated carbocycles. The second kappa shape index (κ2) is 2.78. The van der Waals surface area contributed by atoms with Crippen molar-refractivity contribution in [3.63, 3.8) is 0 Å². The van der Waals surface area contributed by atoms with E-state index >= 15 is 0 Å². The van der Waals surface area contributed by atoms with Gasteiger partial charge in [-0.25, -0.2) is 0 Å². The van der Waals surface area contributed by atoms with Crippen LogP contribution in [0.1, 0.15) is 6.92 Å². The molecule has 2 atom stereocenters. The summed E-state index contributed by atoms with van der Waals surface area (Å²) in [5.41, 5.74) is 1.28. The number of amides is 1. The summed E-state index contributed by atoms with van der Waals surface area (Å²) in [7, 11) is 1.84. The molecule has 1 N–H and O–H groups in total. The molecule has 2 aliphatic rings. The van der Waals surface area contributed by atoms with Gasteiger partial charge in [-0.05, 0) is 19.5 Å². The van der Waals surface area contributed by atoms with Gasteiger partial charge in [0.1, 0.15) is 11.4 Å². The molecule has 0 aromatic carbocycles. The lowest BCUT2D eigenvalue weighted by molar-refractivity contribution is -0.141. The van der Waals surface area contributed by atoms with Gasteiger partial charge < -0.3 is 10.2 Å².